The molecule has 0 amide bonds. The maximum atomic E-state index is 14.5. The minimum atomic E-state index is -2.13. The van der Waals surface area contributed by atoms with Crippen molar-refractivity contribution in [3.05, 3.63) is 70.4 Å². The lowest BCUT2D eigenvalue weighted by Crippen LogP contribution is -2.65. The van der Waals surface area contributed by atoms with Crippen LogP contribution in [0.25, 0.3) is 28.4 Å². The number of methoxy groups -OCH3 is 2. The summed E-state index contributed by atoms with van der Waals surface area (Å²) in [4.78, 5) is 27.8. The summed E-state index contributed by atoms with van der Waals surface area (Å²) in [5, 5.41) is 136. The normalized spacial score (nSPS) is 31.6. The van der Waals surface area contributed by atoms with Gasteiger partial charge in [0.1, 0.15) is 89.3 Å². The number of esters is 1. The Balaban J connectivity index is 1.24. The van der Waals surface area contributed by atoms with Crippen LogP contribution in [0.5, 0.6) is 40.2 Å². The van der Waals surface area contributed by atoms with Gasteiger partial charge in [-0.05, 0) is 48.0 Å². The molecule has 4 heterocycles. The predicted molar refractivity (Wildman–Crippen MR) is 227 cm³/mol. The second-order valence-corrected chi connectivity index (χ2v) is 15.9. The second-order valence-electron chi connectivity index (χ2n) is 15.9. The number of hydrogen-bond donors (Lipinski definition) is 13. The van der Waals surface area contributed by atoms with Crippen molar-refractivity contribution in [1.82, 2.24) is 0 Å². The molecule has 25 heteroatoms. The number of aliphatic hydroxyl groups is 10. The molecule has 0 bridgehead atoms. The first-order chi connectivity index (χ1) is 32.9. The molecule has 3 aromatic carbocycles. The smallest absolute Gasteiger partial charge is 0.331 e. The molecular formula is C44H50O25. The van der Waals surface area contributed by atoms with Crippen LogP contribution in [-0.4, -0.2) is 199 Å². The lowest BCUT2D eigenvalue weighted by atomic mass is 9.97. The van der Waals surface area contributed by atoms with Gasteiger partial charge in [0, 0.05) is 23.8 Å². The molecule has 69 heavy (non-hydrogen) atoms. The molecule has 15 atom stereocenters. The standard InChI is InChI=1S/C44H50O25/c1-60-22-9-16(10-23(61-2)29(22)51)3-8-27(50)67-40-35(57)31(53)25(14-46)65-43(40)69-41-36(58)32(54)26(15-47)66-44(41)68-39-33(55)28-20(49)11-19(62-42-37(59)34(56)30(52)24(13-45)64-42)12-21(28)63-38(39)17-4-6-18(48)7-5-17/h3-12,24-26,30-32,34-37,40-49,51-54,56-59H,13-15H2,1-2H3/b8-3+/t24-,25-,26-,30+,31+,32+,34-,35+,36-,37+,40+,41+,42+,43-,44-/m0/s1. The number of benzene rings is 3. The number of aliphatic hydroxyl groups excluding tert-OH is 10. The van der Waals surface area contributed by atoms with Crippen LogP contribution < -0.4 is 24.4 Å². The molecule has 3 saturated heterocycles. The molecule has 0 aliphatic carbocycles. The van der Waals surface area contributed by atoms with Gasteiger partial charge in [0.05, 0.1) is 34.0 Å². The highest BCUT2D eigenvalue weighted by atomic mass is 16.8. The first-order valence-electron chi connectivity index (χ1n) is 20.9. The largest absolute Gasteiger partial charge is 0.508 e. The molecule has 0 unspecified atom stereocenters. The predicted octanol–water partition coefficient (Wildman–Crippen LogP) is -2.96. The molecule has 3 aliphatic heterocycles. The van der Waals surface area contributed by atoms with Gasteiger partial charge in [-0.2, -0.15) is 0 Å². The summed E-state index contributed by atoms with van der Waals surface area (Å²) >= 11 is 0. The Morgan fingerprint density at radius 3 is 1.78 bits per heavy atom. The van der Waals surface area contributed by atoms with E-state index in [1.165, 1.54) is 56.7 Å². The van der Waals surface area contributed by atoms with Crippen molar-refractivity contribution >= 4 is 23.0 Å². The van der Waals surface area contributed by atoms with Crippen molar-refractivity contribution in [2.45, 2.75) is 92.1 Å². The number of carbonyl (C=O) groups excluding carboxylic acids is 1. The summed E-state index contributed by atoms with van der Waals surface area (Å²) in [6.45, 7) is -2.67. The van der Waals surface area contributed by atoms with Crippen LogP contribution in [0, 0.1) is 0 Å². The third-order valence-electron chi connectivity index (χ3n) is 11.5. The molecule has 7 rings (SSSR count). The van der Waals surface area contributed by atoms with E-state index in [1.807, 2.05) is 0 Å². The zero-order valence-electron chi connectivity index (χ0n) is 36.3. The molecule has 0 radical (unpaired) electrons. The Kier molecular flexibility index (Phi) is 15.8. The quantitative estimate of drug-likeness (QED) is 0.0418. The van der Waals surface area contributed by atoms with Crippen molar-refractivity contribution < 1.29 is 118 Å². The first kappa shape index (κ1) is 51.0. The zero-order chi connectivity index (χ0) is 50.0. The van der Waals surface area contributed by atoms with Gasteiger partial charge in [-0.25, -0.2) is 4.79 Å². The van der Waals surface area contributed by atoms with E-state index in [9.17, 15) is 76.0 Å². The van der Waals surface area contributed by atoms with Gasteiger partial charge >= 0.3 is 5.97 Å². The highest BCUT2D eigenvalue weighted by Gasteiger charge is 2.53. The lowest BCUT2D eigenvalue weighted by Gasteiger charge is -2.46. The third kappa shape index (κ3) is 10.4. The molecule has 0 saturated carbocycles. The van der Waals surface area contributed by atoms with E-state index in [2.05, 4.69) is 0 Å². The fourth-order valence-electron chi connectivity index (χ4n) is 7.74. The molecule has 0 spiro atoms. The minimum absolute atomic E-state index is 0.0110. The Hall–Kier alpha value is -5.88. The van der Waals surface area contributed by atoms with Crippen LogP contribution in [0.4, 0.5) is 0 Å². The van der Waals surface area contributed by atoms with E-state index >= 15 is 0 Å². The van der Waals surface area contributed by atoms with E-state index in [4.69, 9.17) is 47.0 Å². The van der Waals surface area contributed by atoms with Crippen molar-refractivity contribution in [2.24, 2.45) is 0 Å². The average Bonchev–Trinajstić information content (AvgIpc) is 3.33. The zero-order valence-corrected chi connectivity index (χ0v) is 36.3. The highest BCUT2D eigenvalue weighted by molar-refractivity contribution is 5.89. The van der Waals surface area contributed by atoms with Gasteiger partial charge in [-0.3, -0.25) is 4.79 Å². The number of aromatic hydroxyl groups is 3. The van der Waals surface area contributed by atoms with Crippen LogP contribution in [-0.2, 0) is 28.5 Å². The number of rotatable bonds is 15. The monoisotopic (exact) mass is 978 g/mol. The Morgan fingerprint density at radius 1 is 0.652 bits per heavy atom. The highest BCUT2D eigenvalue weighted by Crippen LogP contribution is 2.40. The van der Waals surface area contributed by atoms with Gasteiger partial charge in [0.15, 0.2) is 35.8 Å². The first-order valence-corrected chi connectivity index (χ1v) is 20.9. The van der Waals surface area contributed by atoms with Crippen LogP contribution in [0.15, 0.2) is 63.8 Å². The van der Waals surface area contributed by atoms with Gasteiger partial charge in [-0.15, -0.1) is 0 Å². The maximum Gasteiger partial charge on any atom is 0.331 e. The van der Waals surface area contributed by atoms with Crippen molar-refractivity contribution in [2.75, 3.05) is 34.0 Å². The van der Waals surface area contributed by atoms with Crippen molar-refractivity contribution in [3.8, 4) is 51.6 Å². The molecule has 3 fully saturated rings. The molecule has 25 nitrogen and oxygen atoms in total. The van der Waals surface area contributed by atoms with Crippen LogP contribution in [0.2, 0.25) is 0 Å². The molecule has 13 N–H and O–H groups in total. The second kappa shape index (κ2) is 21.4. The summed E-state index contributed by atoms with van der Waals surface area (Å²) < 4.78 is 56.5. The van der Waals surface area contributed by atoms with E-state index in [0.717, 1.165) is 18.2 Å². The molecule has 3 aliphatic rings. The molecular weight excluding hydrogens is 928 g/mol. The Labute approximate surface area is 388 Å². The molecule has 4 aromatic rings. The maximum absolute atomic E-state index is 14.5. The number of phenolic OH excluding ortho intramolecular Hbond substituents is 3. The van der Waals surface area contributed by atoms with Crippen LogP contribution in [0.3, 0.4) is 0 Å². The summed E-state index contributed by atoms with van der Waals surface area (Å²) in [6, 6.07) is 9.64. The summed E-state index contributed by atoms with van der Waals surface area (Å²) in [6.07, 6.45) is -25.9. The van der Waals surface area contributed by atoms with Gasteiger partial charge in [0.25, 0.3) is 0 Å². The molecule has 1 aromatic heterocycles. The van der Waals surface area contributed by atoms with E-state index < -0.39 is 152 Å². The number of ether oxygens (including phenoxy) is 9. The van der Waals surface area contributed by atoms with Gasteiger partial charge < -0.3 is 113 Å². The number of phenols is 3. The van der Waals surface area contributed by atoms with E-state index in [-0.39, 0.29) is 39.9 Å². The topological polar surface area (TPSA) is 393 Å². The SMILES string of the molecule is COc1cc(/C=C/C(=O)O[C@H]2[C@H](O[C@H]3[C@H](Oc4c(-c5ccc(O)cc5)oc5cc(O[C@@H]6O[C@@H](CO)[C@@H](O)[C@H](O)[C@H]6O)cc(O)c5c4=O)O[C@@H](CO)[C@@H](O)[C@@H]3O)O[C@@H](CO)[C@@H](O)[C@H]2O)cc(OC)c1O. The fourth-order valence-corrected chi connectivity index (χ4v) is 7.74. The Bertz CT molecular complexity index is 2490. The van der Waals surface area contributed by atoms with Gasteiger partial charge in [0.2, 0.25) is 29.5 Å². The third-order valence-corrected chi connectivity index (χ3v) is 11.5. The average molecular weight is 979 g/mol. The Morgan fingerprint density at radius 2 is 1.20 bits per heavy atom. The van der Waals surface area contributed by atoms with Crippen LogP contribution in [0.1, 0.15) is 5.56 Å². The number of hydrogen-bond acceptors (Lipinski definition) is 25. The van der Waals surface area contributed by atoms with Crippen LogP contribution >= 0.6 is 0 Å². The summed E-state index contributed by atoms with van der Waals surface area (Å²) in [5.41, 5.74) is -1.26. The number of carbonyl (C=O) groups is 1. The van der Waals surface area contributed by atoms with Crippen molar-refractivity contribution in [3.63, 3.8) is 0 Å². The summed E-state index contributed by atoms with van der Waals surface area (Å²) in [5.74, 6) is -4.14. The number of fused-ring (bicyclic) bond motifs is 1. The fraction of sp³-hybridized carbons (Fsp3) is 0.455. The lowest BCUT2D eigenvalue weighted by molar-refractivity contribution is -0.358. The van der Waals surface area contributed by atoms with Gasteiger partial charge in [-0.1, -0.05) is 0 Å². The van der Waals surface area contributed by atoms with E-state index in [0.29, 0.717) is 0 Å². The van der Waals surface area contributed by atoms with Crippen molar-refractivity contribution in [1.29, 1.82) is 0 Å². The van der Waals surface area contributed by atoms with E-state index in [1.54, 1.807) is 0 Å². The minimum Gasteiger partial charge on any atom is -0.508 e. The molecule has 376 valence electrons. The summed E-state index contributed by atoms with van der Waals surface area (Å²) in [7, 11) is 2.56.